The van der Waals surface area contributed by atoms with Crippen LogP contribution in [0.15, 0.2) is 54.6 Å². The van der Waals surface area contributed by atoms with Gasteiger partial charge in [0.25, 0.3) is 0 Å². The van der Waals surface area contributed by atoms with E-state index < -0.39 is 12.0 Å². The molecule has 0 bridgehead atoms. The molecule has 36 heavy (non-hydrogen) atoms. The minimum atomic E-state index is -0.522. The number of para-hydroxylation sites is 1. The van der Waals surface area contributed by atoms with Crippen LogP contribution in [0.4, 0.5) is 4.79 Å². The molecule has 2 N–H and O–H groups in total. The van der Waals surface area contributed by atoms with Gasteiger partial charge in [0.2, 0.25) is 5.91 Å². The van der Waals surface area contributed by atoms with Crippen molar-refractivity contribution >= 4 is 40.2 Å². The molecule has 1 aliphatic rings. The van der Waals surface area contributed by atoms with E-state index in [1.807, 2.05) is 69.9 Å². The first-order chi connectivity index (χ1) is 17.5. The molecule has 2 aromatic rings. The lowest BCUT2D eigenvalue weighted by atomic mass is 9.49. The van der Waals surface area contributed by atoms with E-state index in [4.69, 9.17) is 20.3 Å². The summed E-state index contributed by atoms with van der Waals surface area (Å²) in [5.74, 6) is -0.216. The summed E-state index contributed by atoms with van der Waals surface area (Å²) in [7, 11) is 13.7. The highest BCUT2D eigenvalue weighted by Gasteiger charge is 2.27. The van der Waals surface area contributed by atoms with E-state index in [1.165, 1.54) is 0 Å². The van der Waals surface area contributed by atoms with Crippen LogP contribution >= 0.6 is 0 Å². The Bertz CT molecular complexity index is 902. The number of amides is 2. The lowest BCUT2D eigenvalue weighted by Crippen LogP contribution is -2.46. The zero-order valence-electron chi connectivity index (χ0n) is 22.4. The Balaban J connectivity index is 0.00000154. The molecular weight excluding hydrogens is 447 g/mol. The molecule has 2 aromatic carbocycles. The van der Waals surface area contributed by atoms with Crippen LogP contribution in [0.1, 0.15) is 58.9 Å². The average molecular weight is 486 g/mol. The Morgan fingerprint density at radius 1 is 1.08 bits per heavy atom. The number of ether oxygens (including phenoxy) is 1. The van der Waals surface area contributed by atoms with Gasteiger partial charge in [0, 0.05) is 26.9 Å². The fraction of sp³-hybridized carbons (Fsp3) is 0.481. The van der Waals surface area contributed by atoms with Crippen molar-refractivity contribution in [3.63, 3.8) is 0 Å². The van der Waals surface area contributed by atoms with Crippen molar-refractivity contribution in [2.24, 2.45) is 0 Å². The number of benzene rings is 2. The number of nitrogens with zero attached hydrogens (tertiary/aromatic N) is 1. The van der Waals surface area contributed by atoms with Gasteiger partial charge in [-0.3, -0.25) is 9.69 Å². The second kappa shape index (κ2) is 17.7. The number of likely N-dealkylation sites (tertiary alicyclic amines) is 1. The van der Waals surface area contributed by atoms with Gasteiger partial charge in [0.05, 0.1) is 21.6 Å². The summed E-state index contributed by atoms with van der Waals surface area (Å²) >= 11 is 0. The zero-order valence-corrected chi connectivity index (χ0v) is 22.4. The number of nitrogens with one attached hydrogen (secondary N) is 2. The van der Waals surface area contributed by atoms with E-state index >= 15 is 0 Å². The first kappa shape index (κ1) is 31.4. The van der Waals surface area contributed by atoms with Gasteiger partial charge in [-0.05, 0) is 36.8 Å². The smallest absolute Gasteiger partial charge is 0.410 e. The summed E-state index contributed by atoms with van der Waals surface area (Å²) in [6, 6.07) is 16.6. The first-order valence-corrected chi connectivity index (χ1v) is 12.9. The van der Waals surface area contributed by atoms with Gasteiger partial charge in [-0.2, -0.15) is 0 Å². The number of rotatable bonds is 9. The molecule has 0 spiro atoms. The molecule has 2 amide bonds. The van der Waals surface area contributed by atoms with E-state index in [1.54, 1.807) is 31.4 Å². The number of hydrogen-bond donors (Lipinski definition) is 2. The molecule has 5 radical (unpaired) electrons. The van der Waals surface area contributed by atoms with Gasteiger partial charge < -0.3 is 15.4 Å². The third-order valence-electron chi connectivity index (χ3n) is 5.69. The summed E-state index contributed by atoms with van der Waals surface area (Å²) in [6.07, 6.45) is 1.03. The van der Waals surface area contributed by atoms with Gasteiger partial charge >= 0.3 is 6.09 Å². The Morgan fingerprint density at radius 3 is 2.36 bits per heavy atom. The quantitative estimate of drug-likeness (QED) is 0.535. The van der Waals surface area contributed by atoms with Crippen LogP contribution in [0.3, 0.4) is 0 Å². The van der Waals surface area contributed by atoms with Crippen molar-refractivity contribution < 1.29 is 14.3 Å². The molecule has 189 valence electrons. The first-order valence-electron chi connectivity index (χ1n) is 12.9. The highest BCUT2D eigenvalue weighted by atomic mass is 16.6. The Kier molecular flexibility index (Phi) is 15.4. The van der Waals surface area contributed by atoms with Crippen molar-refractivity contribution in [2.75, 3.05) is 19.6 Å². The lowest BCUT2D eigenvalue weighted by molar-refractivity contribution is -0.122. The standard InChI is InChI=1S/C23H27B3N3O3.2C2H6/c1-2-18(19-10-6-7-11-20(19)26-25)22(24)28-21(30)15-29-13-12-16(14-29)27-23(31)32-17-8-4-3-5-9-17;2*1-2/h3-11,16,18,22H,2,12-15H2,1H3,(H,27,31)(H,28,30);2*1-2H3. The van der Waals surface area contributed by atoms with Crippen molar-refractivity contribution in [1.29, 1.82) is 0 Å². The maximum Gasteiger partial charge on any atom is 0.412 e. The molecule has 1 heterocycles. The predicted octanol–water partition coefficient (Wildman–Crippen LogP) is 3.12. The van der Waals surface area contributed by atoms with Crippen LogP contribution in [0.5, 0.6) is 5.75 Å². The normalized spacial score (nSPS) is 16.2. The third kappa shape index (κ3) is 10.1. The van der Waals surface area contributed by atoms with E-state index in [-0.39, 0.29) is 24.4 Å². The molecule has 3 rings (SSSR count). The third-order valence-corrected chi connectivity index (χ3v) is 5.69. The zero-order chi connectivity index (χ0) is 26.9. The summed E-state index contributed by atoms with van der Waals surface area (Å²) in [5, 5.41) is 5.78. The van der Waals surface area contributed by atoms with Gasteiger partial charge in [-0.25, -0.2) is 4.79 Å². The van der Waals surface area contributed by atoms with E-state index in [9.17, 15) is 9.59 Å². The Morgan fingerprint density at radius 2 is 1.72 bits per heavy atom. The molecule has 0 saturated carbocycles. The minimum Gasteiger partial charge on any atom is -0.410 e. The van der Waals surface area contributed by atoms with Crippen LogP contribution in [-0.4, -0.2) is 71.3 Å². The molecule has 1 fully saturated rings. The van der Waals surface area contributed by atoms with Crippen molar-refractivity contribution in [3.8, 4) is 5.75 Å². The second-order valence-corrected chi connectivity index (χ2v) is 7.97. The largest absolute Gasteiger partial charge is 0.412 e. The summed E-state index contributed by atoms with van der Waals surface area (Å²) in [6.45, 7) is 11.5. The van der Waals surface area contributed by atoms with Crippen molar-refractivity contribution in [3.05, 3.63) is 60.2 Å². The summed E-state index contributed by atoms with van der Waals surface area (Å²) in [4.78, 5) is 26.7. The lowest BCUT2D eigenvalue weighted by Gasteiger charge is -2.28. The number of carbonyl (C=O) groups is 2. The molecule has 0 aliphatic carbocycles. The Hall–Kier alpha value is -2.67. The van der Waals surface area contributed by atoms with Gasteiger partial charge in [0.1, 0.15) is 5.75 Å². The van der Waals surface area contributed by atoms with Gasteiger partial charge in [-0.1, -0.05) is 88.1 Å². The molecule has 1 aliphatic heterocycles. The van der Waals surface area contributed by atoms with Crippen LogP contribution in [0.2, 0.25) is 0 Å². The average Bonchev–Trinajstić information content (AvgIpc) is 3.33. The van der Waals surface area contributed by atoms with Crippen LogP contribution in [-0.2, 0) is 4.79 Å². The number of carbonyl (C=O) groups excluding carboxylic acids is 2. The number of hydrogen-bond acceptors (Lipinski definition) is 4. The van der Waals surface area contributed by atoms with E-state index in [0.29, 0.717) is 18.8 Å². The van der Waals surface area contributed by atoms with Crippen molar-refractivity contribution in [1.82, 2.24) is 15.5 Å². The topological polar surface area (TPSA) is 70.7 Å². The molecular formula is C27H39B3N3O3. The molecule has 0 aromatic heterocycles. The van der Waals surface area contributed by atoms with Crippen LogP contribution in [0.25, 0.3) is 0 Å². The highest BCUT2D eigenvalue weighted by Crippen LogP contribution is 2.20. The molecule has 1 saturated heterocycles. The SMILES string of the molecule is CC.CC.[B][B]c1ccccc1C(CC)C([B])NC(=O)CN1CCC(NC(=O)Oc2ccccc2)C1. The maximum absolute atomic E-state index is 12.6. The van der Waals surface area contributed by atoms with Crippen LogP contribution < -0.4 is 20.8 Å². The monoisotopic (exact) mass is 486 g/mol. The molecule has 3 unspecified atom stereocenters. The van der Waals surface area contributed by atoms with E-state index in [2.05, 4.69) is 10.6 Å². The Labute approximate surface area is 221 Å². The molecule has 6 nitrogen and oxygen atoms in total. The fourth-order valence-corrected chi connectivity index (χ4v) is 4.09. The summed E-state index contributed by atoms with van der Waals surface area (Å²) in [5.41, 5.74) is 1.94. The minimum absolute atomic E-state index is 0.0456. The highest BCUT2D eigenvalue weighted by molar-refractivity contribution is 6.97. The molecule has 9 heteroatoms. The van der Waals surface area contributed by atoms with E-state index in [0.717, 1.165) is 23.9 Å². The second-order valence-electron chi connectivity index (χ2n) is 7.97. The van der Waals surface area contributed by atoms with Gasteiger partial charge in [-0.15, -0.1) is 0 Å². The van der Waals surface area contributed by atoms with Crippen molar-refractivity contribution in [2.45, 2.75) is 65.4 Å². The van der Waals surface area contributed by atoms with Gasteiger partial charge in [0.15, 0.2) is 0 Å². The maximum atomic E-state index is 12.6. The molecule has 3 atom stereocenters. The predicted molar refractivity (Wildman–Crippen MR) is 151 cm³/mol. The fourth-order valence-electron chi connectivity index (χ4n) is 4.09. The van der Waals surface area contributed by atoms with Crippen LogP contribution in [0, 0.1) is 0 Å². The summed E-state index contributed by atoms with van der Waals surface area (Å²) < 4.78 is 5.27.